The lowest BCUT2D eigenvalue weighted by molar-refractivity contribution is -0.198. The Labute approximate surface area is 141 Å². The van der Waals surface area contributed by atoms with Crippen LogP contribution < -0.4 is 4.72 Å². The molecule has 0 saturated heterocycles. The first-order valence-corrected chi connectivity index (χ1v) is 11.1. The van der Waals surface area contributed by atoms with Crippen LogP contribution in [0.1, 0.15) is 59.3 Å². The van der Waals surface area contributed by atoms with Gasteiger partial charge in [0.05, 0.1) is 11.9 Å². The highest BCUT2D eigenvalue weighted by Crippen LogP contribution is 2.63. The second-order valence-electron chi connectivity index (χ2n) is 9.41. The van der Waals surface area contributed by atoms with Crippen LogP contribution in [0.4, 0.5) is 0 Å². The molecule has 23 heavy (non-hydrogen) atoms. The molecule has 5 heteroatoms. The molecule has 1 N–H and O–H groups in total. The van der Waals surface area contributed by atoms with E-state index >= 15 is 0 Å². The molecule has 4 aliphatic carbocycles. The van der Waals surface area contributed by atoms with Crippen LogP contribution in [0.2, 0.25) is 0 Å². The van der Waals surface area contributed by atoms with Crippen molar-refractivity contribution in [3.63, 3.8) is 0 Å². The molecule has 0 aromatic heterocycles. The van der Waals surface area contributed by atoms with Crippen LogP contribution in [0.5, 0.6) is 0 Å². The summed E-state index contributed by atoms with van der Waals surface area (Å²) in [5.74, 6) is 3.37. The van der Waals surface area contributed by atoms with Gasteiger partial charge < -0.3 is 4.74 Å². The number of hydrogen-bond acceptors (Lipinski definition) is 3. The Morgan fingerprint density at radius 2 is 1.74 bits per heavy atom. The fraction of sp³-hybridized carbons (Fsp3) is 1.00. The van der Waals surface area contributed by atoms with Crippen LogP contribution in [0, 0.1) is 29.1 Å². The maximum Gasteiger partial charge on any atom is 0.208 e. The van der Waals surface area contributed by atoms with Gasteiger partial charge >= 0.3 is 0 Å². The molecule has 0 aromatic carbocycles. The molecule has 2 atom stereocenters. The summed E-state index contributed by atoms with van der Waals surface area (Å²) < 4.78 is 31.1. The van der Waals surface area contributed by atoms with Crippen molar-refractivity contribution in [3.05, 3.63) is 0 Å². The minimum atomic E-state index is -3.08. The number of hydrogen-bond donors (Lipinski definition) is 1. The minimum absolute atomic E-state index is 0.101. The maximum absolute atomic E-state index is 11.1. The van der Waals surface area contributed by atoms with Gasteiger partial charge in [0.25, 0.3) is 0 Å². The average molecular weight is 344 g/mol. The van der Waals surface area contributed by atoms with Crippen molar-refractivity contribution in [3.8, 4) is 0 Å². The third kappa shape index (κ3) is 3.93. The minimum Gasteiger partial charge on any atom is -0.375 e. The van der Waals surface area contributed by atoms with Gasteiger partial charge in [0.2, 0.25) is 10.0 Å². The van der Waals surface area contributed by atoms with E-state index in [4.69, 9.17) is 4.74 Å². The SMILES string of the molecule is CC(C)(C)C1C2CC3CC1CC(OCCCNS(C)(=O)=O)(C3)C2. The van der Waals surface area contributed by atoms with Crippen LogP contribution in [0.15, 0.2) is 0 Å². The Morgan fingerprint density at radius 3 is 2.26 bits per heavy atom. The largest absolute Gasteiger partial charge is 0.375 e. The summed E-state index contributed by atoms with van der Waals surface area (Å²) in [7, 11) is -3.08. The topological polar surface area (TPSA) is 55.4 Å². The van der Waals surface area contributed by atoms with Crippen LogP contribution in [0.3, 0.4) is 0 Å². The zero-order valence-electron chi connectivity index (χ0n) is 15.1. The standard InChI is InChI=1S/C18H33NO3S/c1-17(2,3)16-14-8-13-9-15(16)12-18(10-13,11-14)22-7-5-6-19-23(4,20)21/h13-16,19H,5-12H2,1-4H3. The quantitative estimate of drug-likeness (QED) is 0.754. The fourth-order valence-corrected chi connectivity index (χ4v) is 6.67. The van der Waals surface area contributed by atoms with Crippen LogP contribution in [-0.2, 0) is 14.8 Å². The van der Waals surface area contributed by atoms with E-state index in [1.807, 2.05) is 0 Å². The van der Waals surface area contributed by atoms with Crippen molar-refractivity contribution < 1.29 is 13.2 Å². The van der Waals surface area contributed by atoms with Gasteiger partial charge in [-0.3, -0.25) is 0 Å². The van der Waals surface area contributed by atoms with Gasteiger partial charge in [0.15, 0.2) is 0 Å². The van der Waals surface area contributed by atoms with Gasteiger partial charge in [-0.05, 0) is 67.6 Å². The Balaban J connectivity index is 1.56. The molecule has 0 spiro atoms. The van der Waals surface area contributed by atoms with E-state index in [0.717, 1.165) is 30.1 Å². The monoisotopic (exact) mass is 343 g/mol. The maximum atomic E-state index is 11.1. The lowest BCUT2D eigenvalue weighted by atomic mass is 9.46. The first-order valence-electron chi connectivity index (χ1n) is 9.17. The van der Waals surface area contributed by atoms with Gasteiger partial charge in [-0.1, -0.05) is 20.8 Å². The third-order valence-electron chi connectivity index (χ3n) is 6.31. The molecule has 0 radical (unpaired) electrons. The van der Waals surface area contributed by atoms with Gasteiger partial charge in [0.1, 0.15) is 0 Å². The second-order valence-corrected chi connectivity index (χ2v) is 11.2. The molecule has 134 valence electrons. The van der Waals surface area contributed by atoms with E-state index in [1.54, 1.807) is 0 Å². The second kappa shape index (κ2) is 5.99. The van der Waals surface area contributed by atoms with Crippen LogP contribution >= 0.6 is 0 Å². The Kier molecular flexibility index (Phi) is 4.61. The predicted octanol–water partition coefficient (Wildman–Crippen LogP) is 3.18. The molecule has 0 aliphatic heterocycles. The van der Waals surface area contributed by atoms with E-state index in [1.165, 1.54) is 38.4 Å². The van der Waals surface area contributed by atoms with Crippen molar-refractivity contribution in [2.45, 2.75) is 64.9 Å². The number of sulfonamides is 1. The summed E-state index contributed by atoms with van der Waals surface area (Å²) in [5, 5.41) is 0. The molecule has 4 fully saturated rings. The highest BCUT2D eigenvalue weighted by molar-refractivity contribution is 7.88. The van der Waals surface area contributed by atoms with Crippen LogP contribution in [-0.4, -0.2) is 33.4 Å². The Morgan fingerprint density at radius 1 is 1.13 bits per heavy atom. The molecule has 0 aromatic rings. The number of nitrogens with one attached hydrogen (secondary N) is 1. The molecule has 4 rings (SSSR count). The lowest BCUT2D eigenvalue weighted by Gasteiger charge is -2.62. The fourth-order valence-electron chi connectivity index (χ4n) is 6.16. The predicted molar refractivity (Wildman–Crippen MR) is 92.6 cm³/mol. The lowest BCUT2D eigenvalue weighted by Crippen LogP contribution is -2.58. The first-order chi connectivity index (χ1) is 10.6. The molecule has 0 amide bonds. The van der Waals surface area contributed by atoms with Crippen LogP contribution in [0.25, 0.3) is 0 Å². The smallest absolute Gasteiger partial charge is 0.208 e. The molecule has 2 unspecified atom stereocenters. The summed E-state index contributed by atoms with van der Waals surface area (Å²) in [5.41, 5.74) is 0.506. The summed E-state index contributed by atoms with van der Waals surface area (Å²) in [6.07, 6.45) is 8.45. The van der Waals surface area contributed by atoms with Crippen molar-refractivity contribution in [1.29, 1.82) is 0 Å². The van der Waals surface area contributed by atoms with Crippen molar-refractivity contribution in [2.24, 2.45) is 29.1 Å². The zero-order chi connectivity index (χ0) is 16.9. The van der Waals surface area contributed by atoms with Gasteiger partial charge in [-0.15, -0.1) is 0 Å². The van der Waals surface area contributed by atoms with Crippen molar-refractivity contribution in [2.75, 3.05) is 19.4 Å². The van der Waals surface area contributed by atoms with E-state index in [2.05, 4.69) is 25.5 Å². The summed E-state index contributed by atoms with van der Waals surface area (Å²) >= 11 is 0. The molecule has 4 aliphatic rings. The Hall–Kier alpha value is -0.130. The molecular formula is C18H33NO3S. The molecule has 4 bridgehead atoms. The van der Waals surface area contributed by atoms with Gasteiger partial charge in [0, 0.05) is 13.2 Å². The first kappa shape index (κ1) is 17.7. The summed E-state index contributed by atoms with van der Waals surface area (Å²) in [6.45, 7) is 8.38. The van der Waals surface area contributed by atoms with Crippen molar-refractivity contribution >= 4 is 10.0 Å². The molecular weight excluding hydrogens is 310 g/mol. The van der Waals surface area contributed by atoms with Crippen molar-refractivity contribution in [1.82, 2.24) is 4.72 Å². The molecule has 4 nitrogen and oxygen atoms in total. The van der Waals surface area contributed by atoms with E-state index in [-0.39, 0.29) is 5.60 Å². The number of ether oxygens (including phenoxy) is 1. The number of rotatable bonds is 6. The van der Waals surface area contributed by atoms with E-state index < -0.39 is 10.0 Å². The average Bonchev–Trinajstić information content (AvgIpc) is 2.33. The van der Waals surface area contributed by atoms with E-state index in [0.29, 0.717) is 18.6 Å². The molecule has 4 saturated carbocycles. The molecule has 0 heterocycles. The highest BCUT2D eigenvalue weighted by atomic mass is 32.2. The van der Waals surface area contributed by atoms with Gasteiger partial charge in [-0.25, -0.2) is 13.1 Å². The third-order valence-corrected chi connectivity index (χ3v) is 7.04. The summed E-state index contributed by atoms with van der Waals surface area (Å²) in [4.78, 5) is 0. The normalized spacial score (nSPS) is 39.8. The summed E-state index contributed by atoms with van der Waals surface area (Å²) in [6, 6.07) is 0. The zero-order valence-corrected chi connectivity index (χ0v) is 15.9. The van der Waals surface area contributed by atoms with E-state index in [9.17, 15) is 8.42 Å². The van der Waals surface area contributed by atoms with Gasteiger partial charge in [-0.2, -0.15) is 0 Å². The highest BCUT2D eigenvalue weighted by Gasteiger charge is 2.58. The Bertz CT molecular complexity index is 521.